The number of nitrogens with one attached hydrogen (secondary N) is 2. The third-order valence-corrected chi connectivity index (χ3v) is 7.90. The van der Waals surface area contributed by atoms with Crippen LogP contribution in [0.2, 0.25) is 0 Å². The quantitative estimate of drug-likeness (QED) is 0.176. The Hall–Kier alpha value is -2.27. The molecule has 1 aliphatic heterocycles. The third kappa shape index (κ3) is 11.2. The van der Waals surface area contributed by atoms with Gasteiger partial charge in [-0.15, -0.1) is 11.3 Å². The highest BCUT2D eigenvalue weighted by molar-refractivity contribution is 7.98. The van der Waals surface area contributed by atoms with Gasteiger partial charge in [-0.05, 0) is 76.3 Å². The Morgan fingerprint density at radius 2 is 1.97 bits per heavy atom. The van der Waals surface area contributed by atoms with Gasteiger partial charge in [-0.1, -0.05) is 12.1 Å². The zero-order chi connectivity index (χ0) is 25.6. The molecule has 8 nitrogen and oxygen atoms in total. The van der Waals surface area contributed by atoms with Crippen molar-refractivity contribution in [2.24, 2.45) is 0 Å². The molecule has 0 saturated carbocycles. The molecule has 0 bridgehead atoms. The van der Waals surface area contributed by atoms with E-state index in [1.165, 1.54) is 41.2 Å². The molecule has 1 fully saturated rings. The first-order valence-electron chi connectivity index (χ1n) is 12.5. The lowest BCUT2D eigenvalue weighted by atomic mass is 10.2. The first-order chi connectivity index (χ1) is 17.5. The highest BCUT2D eigenvalue weighted by Crippen LogP contribution is 2.24. The van der Waals surface area contributed by atoms with Crippen LogP contribution in [0, 0.1) is 10.1 Å². The van der Waals surface area contributed by atoms with Gasteiger partial charge in [0.05, 0.1) is 11.5 Å². The van der Waals surface area contributed by atoms with Gasteiger partial charge in [-0.3, -0.25) is 15.0 Å². The minimum absolute atomic E-state index is 0.428. The van der Waals surface area contributed by atoms with E-state index in [-0.39, 0.29) is 0 Å². The standard InChI is InChI=1S/C26H39N5O3S2/c1-29(2)18-22-7-5-8-23(17-22)34-15-6-11-27-26(20-31(32)33)28-12-16-35-21-25-10-9-24(36-25)19-30-13-3-4-14-30/h5,7-10,17,20,27-28H,3-4,6,11-16,18-19,21H2,1-2H3/b26-20-. The van der Waals surface area contributed by atoms with Crippen molar-refractivity contribution in [2.75, 3.05) is 52.6 Å². The number of nitro groups is 1. The molecular formula is C26H39N5O3S2. The van der Waals surface area contributed by atoms with E-state index < -0.39 is 4.92 Å². The summed E-state index contributed by atoms with van der Waals surface area (Å²) in [5, 5.41) is 17.3. The van der Waals surface area contributed by atoms with E-state index in [0.717, 1.165) is 43.0 Å². The molecule has 0 amide bonds. The average Bonchev–Trinajstić information content (AvgIpc) is 3.50. The summed E-state index contributed by atoms with van der Waals surface area (Å²) in [5.74, 6) is 3.14. The van der Waals surface area contributed by atoms with Crippen LogP contribution in [0.3, 0.4) is 0 Å². The van der Waals surface area contributed by atoms with Crippen molar-refractivity contribution in [1.29, 1.82) is 0 Å². The Morgan fingerprint density at radius 1 is 1.19 bits per heavy atom. The number of thiophene rings is 1. The second kappa shape index (κ2) is 15.8. The lowest BCUT2D eigenvalue weighted by Gasteiger charge is -2.13. The molecule has 1 saturated heterocycles. The zero-order valence-electron chi connectivity index (χ0n) is 21.4. The van der Waals surface area contributed by atoms with Crippen LogP contribution in [0.4, 0.5) is 0 Å². The summed E-state index contributed by atoms with van der Waals surface area (Å²) in [5.41, 5.74) is 1.20. The minimum atomic E-state index is -0.428. The normalized spacial score (nSPS) is 14.4. The van der Waals surface area contributed by atoms with Crippen LogP contribution in [0.5, 0.6) is 5.75 Å². The molecule has 2 heterocycles. The second-order valence-electron chi connectivity index (χ2n) is 9.17. The van der Waals surface area contributed by atoms with Gasteiger partial charge in [-0.2, -0.15) is 11.8 Å². The van der Waals surface area contributed by atoms with Crippen molar-refractivity contribution in [3.05, 3.63) is 73.9 Å². The van der Waals surface area contributed by atoms with E-state index >= 15 is 0 Å². The van der Waals surface area contributed by atoms with Crippen molar-refractivity contribution in [1.82, 2.24) is 20.4 Å². The fourth-order valence-electron chi connectivity index (χ4n) is 4.02. The molecule has 0 radical (unpaired) electrons. The number of rotatable bonds is 17. The molecule has 0 spiro atoms. The van der Waals surface area contributed by atoms with Gasteiger partial charge in [0.15, 0.2) is 5.82 Å². The maximum Gasteiger partial charge on any atom is 0.274 e. The first-order valence-corrected chi connectivity index (χ1v) is 14.5. The average molecular weight is 534 g/mol. The van der Waals surface area contributed by atoms with Crippen LogP contribution < -0.4 is 15.4 Å². The van der Waals surface area contributed by atoms with E-state index in [2.05, 4.69) is 44.7 Å². The molecule has 1 aliphatic rings. The molecule has 0 unspecified atom stereocenters. The number of thioether (sulfide) groups is 1. The van der Waals surface area contributed by atoms with Crippen LogP contribution in [0.1, 0.15) is 34.6 Å². The van der Waals surface area contributed by atoms with Crippen molar-refractivity contribution >= 4 is 23.1 Å². The molecule has 0 atom stereocenters. The van der Waals surface area contributed by atoms with Gasteiger partial charge in [0.1, 0.15) is 5.75 Å². The second-order valence-corrected chi connectivity index (χ2v) is 11.5. The van der Waals surface area contributed by atoms with Crippen LogP contribution in [-0.4, -0.2) is 67.4 Å². The molecule has 0 aliphatic carbocycles. The van der Waals surface area contributed by atoms with Crippen molar-refractivity contribution < 1.29 is 9.66 Å². The minimum Gasteiger partial charge on any atom is -0.494 e. The van der Waals surface area contributed by atoms with Crippen molar-refractivity contribution in [3.63, 3.8) is 0 Å². The molecule has 36 heavy (non-hydrogen) atoms. The number of hydrogen-bond donors (Lipinski definition) is 2. The Labute approximate surface area is 223 Å². The van der Waals surface area contributed by atoms with Crippen LogP contribution in [0.15, 0.2) is 48.4 Å². The Balaban J connectivity index is 1.29. The van der Waals surface area contributed by atoms with Crippen molar-refractivity contribution in [3.8, 4) is 5.75 Å². The number of ether oxygens (including phenoxy) is 1. The molecule has 10 heteroatoms. The fourth-order valence-corrected chi connectivity index (χ4v) is 6.05. The SMILES string of the molecule is CN(C)Cc1cccc(OCCCN/C(=C/[N+](=O)[O-])NCCSCc2ccc(CN3CCCC3)s2)c1. The van der Waals surface area contributed by atoms with E-state index in [1.807, 2.05) is 49.3 Å². The van der Waals surface area contributed by atoms with E-state index in [1.54, 1.807) is 0 Å². The van der Waals surface area contributed by atoms with Gasteiger partial charge in [0, 0.05) is 47.4 Å². The number of hydrogen-bond acceptors (Lipinski definition) is 9. The fraction of sp³-hybridized carbons (Fsp3) is 0.538. The summed E-state index contributed by atoms with van der Waals surface area (Å²) in [6.45, 7) is 6.18. The summed E-state index contributed by atoms with van der Waals surface area (Å²) in [6, 6.07) is 12.6. The molecular weight excluding hydrogens is 494 g/mol. The predicted molar refractivity (Wildman–Crippen MR) is 150 cm³/mol. The number of benzene rings is 1. The molecule has 2 aromatic rings. The van der Waals surface area contributed by atoms with E-state index in [0.29, 0.717) is 25.5 Å². The maximum atomic E-state index is 11.0. The molecule has 3 rings (SSSR count). The van der Waals surface area contributed by atoms with Gasteiger partial charge in [-0.25, -0.2) is 0 Å². The predicted octanol–water partition coefficient (Wildman–Crippen LogP) is 4.36. The lowest BCUT2D eigenvalue weighted by molar-refractivity contribution is -0.404. The van der Waals surface area contributed by atoms with E-state index in [4.69, 9.17) is 4.74 Å². The van der Waals surface area contributed by atoms with Crippen molar-refractivity contribution in [2.45, 2.75) is 38.1 Å². The molecule has 1 aromatic heterocycles. The van der Waals surface area contributed by atoms with Crippen LogP contribution in [0.25, 0.3) is 0 Å². The topological polar surface area (TPSA) is 82.9 Å². The Bertz CT molecular complexity index is 961. The van der Waals surface area contributed by atoms with E-state index in [9.17, 15) is 10.1 Å². The van der Waals surface area contributed by atoms with Gasteiger partial charge < -0.3 is 20.3 Å². The summed E-state index contributed by atoms with van der Waals surface area (Å²) >= 11 is 3.74. The highest BCUT2D eigenvalue weighted by atomic mass is 32.2. The lowest BCUT2D eigenvalue weighted by Crippen LogP contribution is -2.30. The smallest absolute Gasteiger partial charge is 0.274 e. The molecule has 2 N–H and O–H groups in total. The monoisotopic (exact) mass is 533 g/mol. The van der Waals surface area contributed by atoms with Crippen LogP contribution in [-0.2, 0) is 18.8 Å². The Kier molecular flexibility index (Phi) is 12.4. The summed E-state index contributed by atoms with van der Waals surface area (Å²) in [7, 11) is 4.08. The van der Waals surface area contributed by atoms with Gasteiger partial charge >= 0.3 is 0 Å². The summed E-state index contributed by atoms with van der Waals surface area (Å²) < 4.78 is 5.85. The molecule has 198 valence electrons. The zero-order valence-corrected chi connectivity index (χ0v) is 23.0. The molecule has 1 aromatic carbocycles. The largest absolute Gasteiger partial charge is 0.494 e. The maximum absolute atomic E-state index is 11.0. The highest BCUT2D eigenvalue weighted by Gasteiger charge is 2.12. The number of likely N-dealkylation sites (tertiary alicyclic amines) is 1. The summed E-state index contributed by atoms with van der Waals surface area (Å²) in [4.78, 5) is 18.1. The van der Waals surface area contributed by atoms with Gasteiger partial charge in [0.25, 0.3) is 6.20 Å². The Morgan fingerprint density at radius 3 is 2.75 bits per heavy atom. The third-order valence-electron chi connectivity index (χ3n) is 5.64. The van der Waals surface area contributed by atoms with Crippen LogP contribution >= 0.6 is 23.1 Å². The first kappa shape index (κ1) is 28.3. The van der Waals surface area contributed by atoms with Gasteiger partial charge in [0.2, 0.25) is 0 Å². The number of nitrogens with zero attached hydrogens (tertiary/aromatic N) is 3. The summed E-state index contributed by atoms with van der Waals surface area (Å²) in [6.07, 6.45) is 4.38.